The van der Waals surface area contributed by atoms with Crippen LogP contribution >= 0.6 is 0 Å². The second kappa shape index (κ2) is 15.5. The van der Waals surface area contributed by atoms with Crippen molar-refractivity contribution >= 4 is 0 Å². The molecule has 0 saturated heterocycles. The lowest BCUT2D eigenvalue weighted by Gasteiger charge is -2.11. The molecule has 1 aromatic carbocycles. The molecule has 0 aromatic heterocycles. The van der Waals surface area contributed by atoms with E-state index in [1.807, 2.05) is 0 Å². The molecule has 0 aliphatic carbocycles. The predicted molar refractivity (Wildman–Crippen MR) is 115 cm³/mol. The lowest BCUT2D eigenvalue weighted by Crippen LogP contribution is -1.96. The van der Waals surface area contributed by atoms with Crippen molar-refractivity contribution in [1.29, 1.82) is 0 Å². The summed E-state index contributed by atoms with van der Waals surface area (Å²) < 4.78 is 0. The Labute approximate surface area is 158 Å². The Balaban J connectivity index is 2.53. The zero-order valence-electron chi connectivity index (χ0n) is 17.5. The average molecular weight is 345 g/mol. The molecule has 1 aromatic rings. The summed E-state index contributed by atoms with van der Waals surface area (Å²) in [5.41, 5.74) is 4.81. The second-order valence-electron chi connectivity index (χ2n) is 7.94. The molecule has 144 valence electrons. The van der Waals surface area contributed by atoms with Crippen LogP contribution < -0.4 is 0 Å². The highest BCUT2D eigenvalue weighted by atomic mass is 14.1. The maximum Gasteiger partial charge on any atom is -0.0279 e. The van der Waals surface area contributed by atoms with Gasteiger partial charge in [0, 0.05) is 0 Å². The zero-order chi connectivity index (χ0) is 18.2. The van der Waals surface area contributed by atoms with E-state index in [9.17, 15) is 0 Å². The van der Waals surface area contributed by atoms with E-state index in [-0.39, 0.29) is 0 Å². The first-order valence-electron chi connectivity index (χ1n) is 11.4. The van der Waals surface area contributed by atoms with Crippen LogP contribution in [-0.2, 0) is 19.3 Å². The van der Waals surface area contributed by atoms with E-state index in [1.165, 1.54) is 103 Å². The number of hydrogen-bond donors (Lipinski definition) is 0. The minimum absolute atomic E-state index is 1.28. The van der Waals surface area contributed by atoms with Gasteiger partial charge < -0.3 is 0 Å². The van der Waals surface area contributed by atoms with Gasteiger partial charge in [-0.3, -0.25) is 0 Å². The van der Waals surface area contributed by atoms with Gasteiger partial charge in [-0.1, -0.05) is 103 Å². The summed E-state index contributed by atoms with van der Waals surface area (Å²) in [5, 5.41) is 0. The lowest BCUT2D eigenvalue weighted by molar-refractivity contribution is 0.627. The highest BCUT2D eigenvalue weighted by Crippen LogP contribution is 2.18. The van der Waals surface area contributed by atoms with Crippen molar-refractivity contribution in [3.63, 3.8) is 0 Å². The van der Waals surface area contributed by atoms with Gasteiger partial charge in [0.1, 0.15) is 0 Å². The smallest absolute Gasteiger partial charge is 0.0279 e. The lowest BCUT2D eigenvalue weighted by atomic mass is 9.95. The molecule has 0 unspecified atom stereocenters. The van der Waals surface area contributed by atoms with Crippen LogP contribution in [0.15, 0.2) is 18.2 Å². The third kappa shape index (κ3) is 11.4. The molecule has 0 spiro atoms. The zero-order valence-corrected chi connectivity index (χ0v) is 17.5. The molecule has 25 heavy (non-hydrogen) atoms. The fourth-order valence-electron chi connectivity index (χ4n) is 3.72. The Bertz CT molecular complexity index is 386. The number of hydrogen-bond acceptors (Lipinski definition) is 0. The van der Waals surface area contributed by atoms with E-state index in [0.29, 0.717) is 0 Å². The molecule has 0 heteroatoms. The van der Waals surface area contributed by atoms with E-state index in [2.05, 4.69) is 39.0 Å². The molecule has 0 aliphatic heterocycles. The van der Waals surface area contributed by atoms with Crippen molar-refractivity contribution in [1.82, 2.24) is 0 Å². The SMILES string of the molecule is CCCCCCCc1cc(CCCCC)cc(CCCCCCC)c1. The second-order valence-corrected chi connectivity index (χ2v) is 7.94. The van der Waals surface area contributed by atoms with Crippen LogP contribution in [0.1, 0.15) is 121 Å². The third-order valence-electron chi connectivity index (χ3n) is 5.32. The Morgan fingerprint density at radius 3 is 1.04 bits per heavy atom. The highest BCUT2D eigenvalue weighted by molar-refractivity contribution is 5.30. The van der Waals surface area contributed by atoms with E-state index in [4.69, 9.17) is 0 Å². The normalized spacial score (nSPS) is 11.2. The molecule has 0 N–H and O–H groups in total. The third-order valence-corrected chi connectivity index (χ3v) is 5.32. The highest BCUT2D eigenvalue weighted by Gasteiger charge is 2.03. The molecule has 1 rings (SSSR count). The Kier molecular flexibility index (Phi) is 13.8. The average Bonchev–Trinajstić information content (AvgIpc) is 2.61. The van der Waals surface area contributed by atoms with Gasteiger partial charge in [0.05, 0.1) is 0 Å². The van der Waals surface area contributed by atoms with Gasteiger partial charge in [-0.2, -0.15) is 0 Å². The Morgan fingerprint density at radius 1 is 0.400 bits per heavy atom. The maximum absolute atomic E-state index is 2.52. The largest absolute Gasteiger partial charge is 0.0654 e. The first-order valence-corrected chi connectivity index (χ1v) is 11.4. The molecule has 0 amide bonds. The molecular weight excluding hydrogens is 300 g/mol. The molecule has 0 heterocycles. The standard InChI is InChI=1S/C25H44/c1-4-7-10-12-15-18-24-20-23(17-14-9-6-3)21-25(22-24)19-16-13-11-8-5-2/h20-22H,4-19H2,1-3H3. The summed E-state index contributed by atoms with van der Waals surface area (Å²) >= 11 is 0. The first-order chi connectivity index (χ1) is 12.3. The summed E-state index contributed by atoms with van der Waals surface area (Å²) in [7, 11) is 0. The van der Waals surface area contributed by atoms with E-state index < -0.39 is 0 Å². The van der Waals surface area contributed by atoms with Gasteiger partial charge in [-0.05, 0) is 55.2 Å². The van der Waals surface area contributed by atoms with E-state index in [0.717, 1.165) is 0 Å². The predicted octanol–water partition coefficient (Wildman–Crippen LogP) is 8.45. The number of unbranched alkanes of at least 4 members (excludes halogenated alkanes) is 10. The minimum Gasteiger partial charge on any atom is -0.0654 e. The number of aryl methyl sites for hydroxylation is 3. The fraction of sp³-hybridized carbons (Fsp3) is 0.760. The molecule has 0 atom stereocenters. The minimum atomic E-state index is 1.28. The van der Waals surface area contributed by atoms with Gasteiger partial charge >= 0.3 is 0 Å². The summed E-state index contributed by atoms with van der Waals surface area (Å²) in [4.78, 5) is 0. The van der Waals surface area contributed by atoms with E-state index in [1.54, 1.807) is 16.7 Å². The summed E-state index contributed by atoms with van der Waals surface area (Å²) in [5.74, 6) is 0. The van der Waals surface area contributed by atoms with Gasteiger partial charge in [-0.25, -0.2) is 0 Å². The van der Waals surface area contributed by atoms with Crippen molar-refractivity contribution in [2.75, 3.05) is 0 Å². The van der Waals surface area contributed by atoms with Crippen molar-refractivity contribution < 1.29 is 0 Å². The van der Waals surface area contributed by atoms with Crippen LogP contribution in [0.25, 0.3) is 0 Å². The first kappa shape index (κ1) is 22.3. The molecule has 0 nitrogen and oxygen atoms in total. The number of rotatable bonds is 16. The molecule has 0 saturated carbocycles. The molecule has 0 radical (unpaired) electrons. The van der Waals surface area contributed by atoms with Gasteiger partial charge in [0.2, 0.25) is 0 Å². The van der Waals surface area contributed by atoms with Crippen molar-refractivity contribution in [2.45, 2.75) is 124 Å². The molecule has 0 bridgehead atoms. The van der Waals surface area contributed by atoms with Crippen LogP contribution in [0, 0.1) is 0 Å². The Hall–Kier alpha value is -0.780. The van der Waals surface area contributed by atoms with Crippen molar-refractivity contribution in [3.8, 4) is 0 Å². The van der Waals surface area contributed by atoms with Gasteiger partial charge in [0.25, 0.3) is 0 Å². The number of benzene rings is 1. The van der Waals surface area contributed by atoms with E-state index >= 15 is 0 Å². The van der Waals surface area contributed by atoms with Gasteiger partial charge in [0.15, 0.2) is 0 Å². The van der Waals surface area contributed by atoms with Gasteiger partial charge in [-0.15, -0.1) is 0 Å². The summed E-state index contributed by atoms with van der Waals surface area (Å²) in [6, 6.07) is 7.54. The van der Waals surface area contributed by atoms with Crippen LogP contribution in [0.2, 0.25) is 0 Å². The van der Waals surface area contributed by atoms with Crippen molar-refractivity contribution in [2.24, 2.45) is 0 Å². The summed E-state index contributed by atoms with van der Waals surface area (Å²) in [6.07, 6.45) is 21.8. The Morgan fingerprint density at radius 2 is 0.680 bits per heavy atom. The molecular formula is C25H44. The quantitative estimate of drug-likeness (QED) is 0.264. The summed E-state index contributed by atoms with van der Waals surface area (Å²) in [6.45, 7) is 6.90. The molecule has 0 fully saturated rings. The van der Waals surface area contributed by atoms with Crippen molar-refractivity contribution in [3.05, 3.63) is 34.9 Å². The fourth-order valence-corrected chi connectivity index (χ4v) is 3.72. The maximum atomic E-state index is 2.52. The van der Waals surface area contributed by atoms with Crippen LogP contribution in [-0.4, -0.2) is 0 Å². The van der Waals surface area contributed by atoms with Crippen LogP contribution in [0.5, 0.6) is 0 Å². The monoisotopic (exact) mass is 344 g/mol. The topological polar surface area (TPSA) is 0 Å². The van der Waals surface area contributed by atoms with Crippen LogP contribution in [0.3, 0.4) is 0 Å². The molecule has 0 aliphatic rings. The van der Waals surface area contributed by atoms with Crippen LogP contribution in [0.4, 0.5) is 0 Å².